The van der Waals surface area contributed by atoms with Crippen LogP contribution in [0.1, 0.15) is 43.5 Å². The lowest BCUT2D eigenvalue weighted by atomic mass is 9.78. The fourth-order valence-electron chi connectivity index (χ4n) is 4.27. The van der Waals surface area contributed by atoms with Crippen molar-refractivity contribution in [1.82, 2.24) is 9.80 Å². The molecule has 1 aromatic rings. The molecular weight excluding hydrogens is 304 g/mol. The van der Waals surface area contributed by atoms with Gasteiger partial charge in [0, 0.05) is 12.6 Å². The lowest BCUT2D eigenvalue weighted by molar-refractivity contribution is -0.135. The fourth-order valence-corrected chi connectivity index (χ4v) is 4.27. The van der Waals surface area contributed by atoms with Crippen molar-refractivity contribution < 1.29 is 14.4 Å². The first kappa shape index (κ1) is 16.7. The van der Waals surface area contributed by atoms with Crippen molar-refractivity contribution in [3.05, 3.63) is 35.9 Å². The van der Waals surface area contributed by atoms with Crippen LogP contribution in [-0.4, -0.2) is 46.7 Å². The molecule has 0 bridgehead atoms. The summed E-state index contributed by atoms with van der Waals surface area (Å²) in [7, 11) is 1.68. The fraction of sp³-hybridized carbons (Fsp3) is 0.526. The topological polar surface area (TPSA) is 57.7 Å². The maximum Gasteiger partial charge on any atom is 0.327 e. The van der Waals surface area contributed by atoms with E-state index < -0.39 is 5.54 Å². The van der Waals surface area contributed by atoms with E-state index in [1.807, 2.05) is 13.0 Å². The lowest BCUT2D eigenvalue weighted by Gasteiger charge is -2.36. The van der Waals surface area contributed by atoms with Gasteiger partial charge in [0.05, 0.1) is 6.54 Å². The van der Waals surface area contributed by atoms with Crippen molar-refractivity contribution in [3.8, 4) is 0 Å². The number of carbonyl (C=O) groups is 3. The van der Waals surface area contributed by atoms with Crippen LogP contribution in [0, 0.1) is 11.8 Å². The van der Waals surface area contributed by atoms with Crippen LogP contribution in [0.3, 0.4) is 0 Å². The van der Waals surface area contributed by atoms with Crippen LogP contribution in [0.4, 0.5) is 4.79 Å². The summed E-state index contributed by atoms with van der Waals surface area (Å²) in [6, 6.07) is 8.42. The van der Waals surface area contributed by atoms with Crippen LogP contribution in [0.2, 0.25) is 0 Å². The monoisotopic (exact) mass is 328 g/mol. The van der Waals surface area contributed by atoms with Crippen molar-refractivity contribution in [1.29, 1.82) is 0 Å². The molecule has 0 N–H and O–H groups in total. The van der Waals surface area contributed by atoms with Gasteiger partial charge in [-0.1, -0.05) is 50.1 Å². The van der Waals surface area contributed by atoms with Crippen molar-refractivity contribution in [2.24, 2.45) is 11.8 Å². The number of amides is 3. The summed E-state index contributed by atoms with van der Waals surface area (Å²) in [5.41, 5.74) is -0.326. The largest absolute Gasteiger partial charge is 0.327 e. The molecule has 3 atom stereocenters. The van der Waals surface area contributed by atoms with E-state index in [1.54, 1.807) is 36.2 Å². The average Bonchev–Trinajstić information content (AvgIpc) is 3.09. The minimum absolute atomic E-state index is 0.149. The molecule has 0 aromatic heterocycles. The zero-order chi connectivity index (χ0) is 17.5. The van der Waals surface area contributed by atoms with Gasteiger partial charge in [0.1, 0.15) is 5.54 Å². The third-order valence-corrected chi connectivity index (χ3v) is 5.87. The number of Topliss-reactive ketones (excluding diaryl/α,β-unsaturated/α-hetero) is 1. The Kier molecular flexibility index (Phi) is 4.20. The molecule has 1 heterocycles. The summed E-state index contributed by atoms with van der Waals surface area (Å²) in [5.74, 6) is 0.0993. The van der Waals surface area contributed by atoms with Crippen LogP contribution in [0.5, 0.6) is 0 Å². The average molecular weight is 328 g/mol. The molecule has 5 heteroatoms. The smallest absolute Gasteiger partial charge is 0.313 e. The number of rotatable bonds is 4. The van der Waals surface area contributed by atoms with Gasteiger partial charge in [-0.3, -0.25) is 14.5 Å². The summed E-state index contributed by atoms with van der Waals surface area (Å²) in [5, 5.41) is 0. The molecule has 1 saturated carbocycles. The number of imide groups is 1. The Balaban J connectivity index is 1.84. The van der Waals surface area contributed by atoms with Gasteiger partial charge in [-0.25, -0.2) is 4.79 Å². The number of nitrogens with zero attached hydrogens (tertiary/aromatic N) is 2. The number of urea groups is 1. The summed E-state index contributed by atoms with van der Waals surface area (Å²) >= 11 is 0. The number of hydrogen-bond donors (Lipinski definition) is 0. The van der Waals surface area contributed by atoms with Gasteiger partial charge in [0.25, 0.3) is 5.91 Å². The Hall–Kier alpha value is -2.17. The summed E-state index contributed by atoms with van der Waals surface area (Å²) in [6.45, 7) is 3.81. The molecule has 128 valence electrons. The van der Waals surface area contributed by atoms with Crippen LogP contribution >= 0.6 is 0 Å². The second kappa shape index (κ2) is 6.04. The number of benzene rings is 1. The molecular formula is C19H24N2O3. The quantitative estimate of drug-likeness (QED) is 0.631. The highest BCUT2D eigenvalue weighted by Gasteiger charge is 2.58. The molecule has 1 aliphatic heterocycles. The molecule has 0 spiro atoms. The van der Waals surface area contributed by atoms with Gasteiger partial charge in [-0.15, -0.1) is 0 Å². The molecule has 5 nitrogen and oxygen atoms in total. The van der Waals surface area contributed by atoms with Crippen LogP contribution < -0.4 is 0 Å². The van der Waals surface area contributed by atoms with Crippen LogP contribution in [0.15, 0.2) is 30.3 Å². The highest BCUT2D eigenvalue weighted by molar-refractivity contribution is 6.11. The first-order valence-corrected chi connectivity index (χ1v) is 8.55. The summed E-state index contributed by atoms with van der Waals surface area (Å²) < 4.78 is 0. The van der Waals surface area contributed by atoms with Crippen molar-refractivity contribution in [3.63, 3.8) is 0 Å². The second-order valence-electron chi connectivity index (χ2n) is 7.18. The number of likely N-dealkylation sites (N-methyl/N-ethyl adjacent to an activating group) is 1. The first-order chi connectivity index (χ1) is 11.4. The standard InChI is InChI=1S/C19H24N2O3/c1-13-8-7-11-15(13)19(2)17(23)21(18(24)20(19)3)12-16(22)14-9-5-4-6-10-14/h4-6,9-10,13,15H,7-8,11-12H2,1-3H3. The molecule has 24 heavy (non-hydrogen) atoms. The summed E-state index contributed by atoms with van der Waals surface area (Å²) in [6.07, 6.45) is 3.11. The normalized spacial score (nSPS) is 30.3. The van der Waals surface area contributed by atoms with E-state index in [-0.39, 0.29) is 30.2 Å². The maximum atomic E-state index is 13.1. The molecule has 3 rings (SSSR count). The van der Waals surface area contributed by atoms with Gasteiger partial charge in [0.15, 0.2) is 5.78 Å². The minimum Gasteiger partial charge on any atom is -0.313 e. The van der Waals surface area contributed by atoms with Crippen LogP contribution in [0.25, 0.3) is 0 Å². The summed E-state index contributed by atoms with van der Waals surface area (Å²) in [4.78, 5) is 40.8. The van der Waals surface area contributed by atoms with E-state index in [0.717, 1.165) is 24.2 Å². The highest BCUT2D eigenvalue weighted by Crippen LogP contribution is 2.45. The Bertz CT molecular complexity index is 672. The molecule has 3 amide bonds. The Morgan fingerprint density at radius 1 is 1.21 bits per heavy atom. The van der Waals surface area contributed by atoms with Gasteiger partial charge < -0.3 is 4.90 Å². The highest BCUT2D eigenvalue weighted by atomic mass is 16.2. The minimum atomic E-state index is -0.843. The van der Waals surface area contributed by atoms with Gasteiger partial charge in [0.2, 0.25) is 0 Å². The maximum absolute atomic E-state index is 13.1. The zero-order valence-corrected chi connectivity index (χ0v) is 14.5. The van der Waals surface area contributed by atoms with Crippen molar-refractivity contribution in [2.75, 3.05) is 13.6 Å². The Morgan fingerprint density at radius 2 is 1.88 bits per heavy atom. The molecule has 2 fully saturated rings. The third kappa shape index (κ3) is 2.43. The molecule has 2 aliphatic rings. The first-order valence-electron chi connectivity index (χ1n) is 8.55. The van der Waals surface area contributed by atoms with Gasteiger partial charge in [-0.05, 0) is 25.2 Å². The molecule has 3 unspecified atom stereocenters. The van der Waals surface area contributed by atoms with E-state index in [1.165, 1.54) is 0 Å². The predicted octanol–water partition coefficient (Wildman–Crippen LogP) is 2.96. The molecule has 1 saturated heterocycles. The van der Waals surface area contributed by atoms with E-state index in [9.17, 15) is 14.4 Å². The second-order valence-corrected chi connectivity index (χ2v) is 7.18. The predicted molar refractivity (Wildman–Crippen MR) is 90.6 cm³/mol. The van der Waals surface area contributed by atoms with Crippen molar-refractivity contribution >= 4 is 17.7 Å². The molecule has 1 aliphatic carbocycles. The lowest BCUT2D eigenvalue weighted by Crippen LogP contribution is -2.52. The van der Waals surface area contributed by atoms with Gasteiger partial charge in [-0.2, -0.15) is 0 Å². The van der Waals surface area contributed by atoms with Crippen molar-refractivity contribution in [2.45, 2.75) is 38.6 Å². The van der Waals surface area contributed by atoms with E-state index in [2.05, 4.69) is 6.92 Å². The molecule has 0 radical (unpaired) electrons. The van der Waals surface area contributed by atoms with Gasteiger partial charge >= 0.3 is 6.03 Å². The molecule has 1 aromatic carbocycles. The SMILES string of the molecule is CC1CCCC1C1(C)C(=O)N(CC(=O)c2ccccc2)C(=O)N1C. The van der Waals surface area contributed by atoms with E-state index >= 15 is 0 Å². The number of ketones is 1. The Morgan fingerprint density at radius 3 is 2.46 bits per heavy atom. The number of carbonyl (C=O) groups excluding carboxylic acids is 3. The third-order valence-electron chi connectivity index (χ3n) is 5.87. The zero-order valence-electron chi connectivity index (χ0n) is 14.5. The van der Waals surface area contributed by atoms with Crippen LogP contribution in [-0.2, 0) is 4.79 Å². The van der Waals surface area contributed by atoms with E-state index in [0.29, 0.717) is 11.5 Å². The van der Waals surface area contributed by atoms with E-state index in [4.69, 9.17) is 0 Å². The Labute approximate surface area is 142 Å². The number of hydrogen-bond acceptors (Lipinski definition) is 3.